The third-order valence-electron chi connectivity index (χ3n) is 5.65. The van der Waals surface area contributed by atoms with Crippen LogP contribution in [0.25, 0.3) is 22.5 Å². The molecule has 26 heavy (non-hydrogen) atoms. The van der Waals surface area contributed by atoms with Crippen LogP contribution in [0.4, 0.5) is 0 Å². The van der Waals surface area contributed by atoms with Crippen molar-refractivity contribution in [3.05, 3.63) is 106 Å². The third kappa shape index (κ3) is 1.50. The van der Waals surface area contributed by atoms with E-state index in [-0.39, 0.29) is 5.41 Å². The maximum atomic E-state index is 6.36. The Labute approximate surface area is 156 Å². The average Bonchev–Trinajstić information content (AvgIpc) is 3.15. The molecule has 0 radical (unpaired) electrons. The molecule has 0 bridgehead atoms. The standard InChI is InChI=1S/C23H13ClN2/c24-14-9-10-18-16(13-14)15-5-1-2-6-17(15)23(18)19-7-3-11-25-21(19)22-20(23)8-4-12-26-22/h1-13H. The summed E-state index contributed by atoms with van der Waals surface area (Å²) < 4.78 is 0. The third-order valence-corrected chi connectivity index (χ3v) is 5.89. The van der Waals surface area contributed by atoms with E-state index in [0.717, 1.165) is 16.4 Å². The minimum absolute atomic E-state index is 0.371. The molecule has 2 aliphatic carbocycles. The molecule has 0 unspecified atom stereocenters. The van der Waals surface area contributed by atoms with Crippen molar-refractivity contribution >= 4 is 11.6 Å². The van der Waals surface area contributed by atoms with Crippen LogP contribution >= 0.6 is 11.6 Å². The Kier molecular flexibility index (Phi) is 2.63. The quantitative estimate of drug-likeness (QED) is 0.362. The number of nitrogens with zero attached hydrogens (tertiary/aromatic N) is 2. The fraction of sp³-hybridized carbons (Fsp3) is 0.0435. The molecule has 2 aromatic carbocycles. The van der Waals surface area contributed by atoms with Crippen molar-refractivity contribution in [1.29, 1.82) is 0 Å². The van der Waals surface area contributed by atoms with E-state index in [4.69, 9.17) is 21.6 Å². The summed E-state index contributed by atoms with van der Waals surface area (Å²) in [6.45, 7) is 0. The van der Waals surface area contributed by atoms with Gasteiger partial charge in [-0.05, 0) is 57.6 Å². The molecule has 0 amide bonds. The van der Waals surface area contributed by atoms with Gasteiger partial charge in [0.1, 0.15) is 0 Å². The first kappa shape index (κ1) is 14.2. The molecule has 0 saturated carbocycles. The Morgan fingerprint density at radius 2 is 1.23 bits per heavy atom. The highest BCUT2D eigenvalue weighted by atomic mass is 35.5. The first-order valence-electron chi connectivity index (χ1n) is 8.63. The number of hydrogen-bond donors (Lipinski definition) is 0. The van der Waals surface area contributed by atoms with Gasteiger partial charge in [0.05, 0.1) is 16.8 Å². The Bertz CT molecular complexity index is 1170. The number of hydrogen-bond acceptors (Lipinski definition) is 2. The van der Waals surface area contributed by atoms with Crippen LogP contribution in [0, 0.1) is 0 Å². The van der Waals surface area contributed by atoms with Gasteiger partial charge in [-0.25, -0.2) is 0 Å². The highest BCUT2D eigenvalue weighted by Gasteiger charge is 2.52. The Morgan fingerprint density at radius 3 is 1.96 bits per heavy atom. The zero-order valence-corrected chi connectivity index (χ0v) is 14.5. The number of halogens is 1. The molecule has 2 aliphatic rings. The lowest BCUT2D eigenvalue weighted by Crippen LogP contribution is -2.25. The minimum Gasteiger partial charge on any atom is -0.254 e. The molecule has 4 aromatic rings. The summed E-state index contributed by atoms with van der Waals surface area (Å²) in [5.41, 5.74) is 8.92. The minimum atomic E-state index is -0.371. The van der Waals surface area contributed by atoms with Crippen LogP contribution in [0.3, 0.4) is 0 Å². The molecular formula is C23H13ClN2. The second-order valence-corrected chi connectivity index (χ2v) is 7.22. The van der Waals surface area contributed by atoms with Crippen molar-refractivity contribution in [2.75, 3.05) is 0 Å². The van der Waals surface area contributed by atoms with E-state index in [2.05, 4.69) is 48.5 Å². The first-order chi connectivity index (χ1) is 12.8. The normalized spacial score (nSPS) is 14.7. The van der Waals surface area contributed by atoms with Gasteiger partial charge < -0.3 is 0 Å². The highest BCUT2D eigenvalue weighted by Crippen LogP contribution is 2.61. The number of aromatic nitrogens is 2. The molecule has 0 atom stereocenters. The lowest BCUT2D eigenvalue weighted by molar-refractivity contribution is 0.789. The van der Waals surface area contributed by atoms with E-state index < -0.39 is 0 Å². The zero-order valence-electron chi connectivity index (χ0n) is 13.8. The van der Waals surface area contributed by atoms with Crippen molar-refractivity contribution in [1.82, 2.24) is 9.97 Å². The summed E-state index contributed by atoms with van der Waals surface area (Å²) in [7, 11) is 0. The summed E-state index contributed by atoms with van der Waals surface area (Å²) >= 11 is 6.36. The molecule has 1 spiro atoms. The second kappa shape index (κ2) is 4.80. The first-order valence-corrected chi connectivity index (χ1v) is 9.01. The average molecular weight is 353 g/mol. The molecule has 0 aliphatic heterocycles. The Balaban J connectivity index is 1.87. The van der Waals surface area contributed by atoms with Gasteiger partial charge in [0.15, 0.2) is 0 Å². The number of rotatable bonds is 0. The van der Waals surface area contributed by atoms with Crippen molar-refractivity contribution in [2.45, 2.75) is 5.41 Å². The molecule has 6 rings (SSSR count). The summed E-state index contributed by atoms with van der Waals surface area (Å²) in [5, 5.41) is 0.756. The summed E-state index contributed by atoms with van der Waals surface area (Å²) in [5.74, 6) is 0. The van der Waals surface area contributed by atoms with Crippen LogP contribution in [0.15, 0.2) is 79.1 Å². The molecule has 2 heterocycles. The van der Waals surface area contributed by atoms with Gasteiger partial charge in [-0.3, -0.25) is 9.97 Å². The van der Waals surface area contributed by atoms with E-state index in [1.807, 2.05) is 30.6 Å². The van der Waals surface area contributed by atoms with Crippen LogP contribution in [-0.2, 0) is 5.41 Å². The molecule has 122 valence electrons. The maximum absolute atomic E-state index is 6.36. The van der Waals surface area contributed by atoms with Crippen LogP contribution < -0.4 is 0 Å². The lowest BCUT2D eigenvalue weighted by Gasteiger charge is -2.29. The van der Waals surface area contributed by atoms with E-state index in [1.54, 1.807) is 0 Å². The molecular weight excluding hydrogens is 340 g/mol. The molecule has 3 heteroatoms. The second-order valence-electron chi connectivity index (χ2n) is 6.78. The van der Waals surface area contributed by atoms with Crippen molar-refractivity contribution in [3.8, 4) is 22.5 Å². The number of benzene rings is 2. The van der Waals surface area contributed by atoms with E-state index in [9.17, 15) is 0 Å². The SMILES string of the molecule is Clc1ccc2c(c1)-c1ccccc1C21c2cccnc2-c2ncccc21. The Hall–Kier alpha value is -2.97. The van der Waals surface area contributed by atoms with Gasteiger partial charge in [0.25, 0.3) is 0 Å². The fourth-order valence-corrected chi connectivity index (χ4v) is 4.95. The smallest absolute Gasteiger partial charge is 0.0937 e. The van der Waals surface area contributed by atoms with Crippen LogP contribution in [0.1, 0.15) is 22.3 Å². The zero-order chi connectivity index (χ0) is 17.3. The highest BCUT2D eigenvalue weighted by molar-refractivity contribution is 6.31. The number of pyridine rings is 2. The monoisotopic (exact) mass is 352 g/mol. The van der Waals surface area contributed by atoms with Gasteiger partial charge in [-0.2, -0.15) is 0 Å². The summed E-state index contributed by atoms with van der Waals surface area (Å²) in [6, 6.07) is 23.2. The van der Waals surface area contributed by atoms with Gasteiger partial charge >= 0.3 is 0 Å². The molecule has 0 N–H and O–H groups in total. The number of fused-ring (bicyclic) bond motifs is 10. The van der Waals surface area contributed by atoms with E-state index in [1.165, 1.54) is 33.4 Å². The summed E-state index contributed by atoms with van der Waals surface area (Å²) in [6.07, 6.45) is 3.69. The fourth-order valence-electron chi connectivity index (χ4n) is 4.78. The van der Waals surface area contributed by atoms with Gasteiger partial charge in [0, 0.05) is 17.4 Å². The van der Waals surface area contributed by atoms with Crippen molar-refractivity contribution < 1.29 is 0 Å². The Morgan fingerprint density at radius 1 is 0.615 bits per heavy atom. The van der Waals surface area contributed by atoms with Crippen LogP contribution in [-0.4, -0.2) is 9.97 Å². The largest absolute Gasteiger partial charge is 0.254 e. The van der Waals surface area contributed by atoms with E-state index in [0.29, 0.717) is 0 Å². The predicted molar refractivity (Wildman–Crippen MR) is 103 cm³/mol. The molecule has 2 aromatic heterocycles. The van der Waals surface area contributed by atoms with Crippen LogP contribution in [0.5, 0.6) is 0 Å². The van der Waals surface area contributed by atoms with Gasteiger partial charge in [-0.1, -0.05) is 54.1 Å². The predicted octanol–water partition coefficient (Wildman–Crippen LogP) is 5.47. The topological polar surface area (TPSA) is 25.8 Å². The maximum Gasteiger partial charge on any atom is 0.0937 e. The van der Waals surface area contributed by atoms with Crippen molar-refractivity contribution in [2.24, 2.45) is 0 Å². The van der Waals surface area contributed by atoms with E-state index >= 15 is 0 Å². The van der Waals surface area contributed by atoms with Crippen molar-refractivity contribution in [3.63, 3.8) is 0 Å². The lowest BCUT2D eigenvalue weighted by atomic mass is 9.71. The van der Waals surface area contributed by atoms with Crippen LogP contribution in [0.2, 0.25) is 5.02 Å². The van der Waals surface area contributed by atoms with Gasteiger partial charge in [-0.15, -0.1) is 0 Å². The molecule has 0 fully saturated rings. The summed E-state index contributed by atoms with van der Waals surface area (Å²) in [4.78, 5) is 9.39. The molecule has 0 saturated heterocycles. The molecule has 2 nitrogen and oxygen atoms in total. The van der Waals surface area contributed by atoms with Gasteiger partial charge in [0.2, 0.25) is 0 Å².